The highest BCUT2D eigenvalue weighted by atomic mass is 19.1. The van der Waals surface area contributed by atoms with Crippen molar-refractivity contribution in [3.8, 4) is 0 Å². The van der Waals surface area contributed by atoms with Crippen molar-refractivity contribution in [2.45, 2.75) is 24.5 Å². The molecule has 1 aliphatic carbocycles. The first-order valence-corrected chi connectivity index (χ1v) is 6.45. The minimum atomic E-state index is -1.07. The van der Waals surface area contributed by atoms with Crippen LogP contribution in [0.5, 0.6) is 0 Å². The Bertz CT molecular complexity index is 545. The topological polar surface area (TPSA) is 49.8 Å². The number of piperidine rings is 1. The van der Waals surface area contributed by atoms with Crippen LogP contribution in [0, 0.1) is 17.6 Å². The summed E-state index contributed by atoms with van der Waals surface area (Å²) in [4.78, 5) is 12.5. The van der Waals surface area contributed by atoms with E-state index in [0.29, 0.717) is 12.0 Å². The summed E-state index contributed by atoms with van der Waals surface area (Å²) >= 11 is 0. The van der Waals surface area contributed by atoms with E-state index in [-0.39, 0.29) is 12.5 Å². The van der Waals surface area contributed by atoms with Crippen LogP contribution in [-0.4, -0.2) is 36.0 Å². The molecule has 1 heterocycles. The smallest absolute Gasteiger partial charge is 0.409 e. The molecule has 1 aromatic rings. The Kier molecular flexibility index (Phi) is 2.93. The number of ether oxygens (including phenoxy) is 1. The van der Waals surface area contributed by atoms with Crippen molar-refractivity contribution in [3.63, 3.8) is 0 Å². The molecule has 20 heavy (non-hydrogen) atoms. The zero-order valence-corrected chi connectivity index (χ0v) is 11.0. The van der Waals surface area contributed by atoms with Gasteiger partial charge in [0.15, 0.2) is 0 Å². The number of likely N-dealkylation sites (tertiary alicyclic amines) is 1. The number of methoxy groups -OCH3 is 1. The lowest BCUT2D eigenvalue weighted by Gasteiger charge is -2.37. The maximum atomic E-state index is 13.4. The molecule has 2 fully saturated rings. The second kappa shape index (κ2) is 4.41. The Morgan fingerprint density at radius 2 is 2.05 bits per heavy atom. The fraction of sp³-hybridized carbons (Fsp3) is 0.500. The molecule has 0 radical (unpaired) electrons. The van der Waals surface area contributed by atoms with Gasteiger partial charge in [-0.15, -0.1) is 0 Å². The fourth-order valence-corrected chi connectivity index (χ4v) is 3.36. The van der Waals surface area contributed by atoms with E-state index in [0.717, 1.165) is 12.5 Å². The third-order valence-electron chi connectivity index (χ3n) is 4.47. The van der Waals surface area contributed by atoms with E-state index in [1.54, 1.807) is 0 Å². The third kappa shape index (κ3) is 1.95. The largest absolute Gasteiger partial charge is 0.465 e. The molecule has 108 valence electrons. The van der Waals surface area contributed by atoms with Crippen LogP contribution in [0.25, 0.3) is 0 Å². The quantitative estimate of drug-likeness (QED) is 0.907. The van der Waals surface area contributed by atoms with Crippen molar-refractivity contribution < 1.29 is 23.4 Å². The monoisotopic (exact) mass is 283 g/mol. The molecule has 2 aliphatic rings. The van der Waals surface area contributed by atoms with Gasteiger partial charge in [0.25, 0.3) is 0 Å². The summed E-state index contributed by atoms with van der Waals surface area (Å²) in [7, 11) is 1.47. The Morgan fingerprint density at radius 1 is 1.40 bits per heavy atom. The van der Waals surface area contributed by atoms with Gasteiger partial charge in [-0.25, -0.2) is 13.6 Å². The molecule has 1 unspecified atom stereocenters. The van der Waals surface area contributed by atoms with Gasteiger partial charge in [0, 0.05) is 25.1 Å². The van der Waals surface area contributed by atoms with Gasteiger partial charge in [-0.3, -0.25) is 4.90 Å². The maximum Gasteiger partial charge on any atom is 0.409 e. The van der Waals surface area contributed by atoms with Crippen molar-refractivity contribution in [1.82, 2.24) is 4.90 Å². The third-order valence-corrected chi connectivity index (χ3v) is 4.47. The van der Waals surface area contributed by atoms with Gasteiger partial charge in [0.05, 0.1) is 0 Å². The van der Waals surface area contributed by atoms with Gasteiger partial charge in [0.1, 0.15) is 17.9 Å². The first kappa shape index (κ1) is 13.3. The number of rotatable bonds is 2. The molecule has 1 aromatic carbocycles. The second-order valence-corrected chi connectivity index (χ2v) is 5.55. The average Bonchev–Trinajstić information content (AvgIpc) is 3.10. The number of halogens is 2. The number of fused-ring (bicyclic) bond motifs is 1. The predicted octanol–water partition coefficient (Wildman–Crippen LogP) is 2.58. The maximum absolute atomic E-state index is 13.4. The number of carbonyl (C=O) groups is 1. The SMILES string of the molecule is COC1C[C@@H]2C[C@]2(c2cc(F)cc(F)c2)CN1C(=O)O. The molecule has 0 bridgehead atoms. The minimum absolute atomic E-state index is 0.212. The predicted molar refractivity (Wildman–Crippen MR) is 66.3 cm³/mol. The van der Waals surface area contributed by atoms with E-state index in [1.165, 1.54) is 24.1 Å². The van der Waals surface area contributed by atoms with Crippen LogP contribution in [0.15, 0.2) is 18.2 Å². The molecule has 1 amide bonds. The van der Waals surface area contributed by atoms with Crippen LogP contribution >= 0.6 is 0 Å². The van der Waals surface area contributed by atoms with E-state index in [4.69, 9.17) is 4.74 Å². The Labute approximate surface area is 114 Å². The highest BCUT2D eigenvalue weighted by Crippen LogP contribution is 2.60. The molecule has 0 aromatic heterocycles. The van der Waals surface area contributed by atoms with Crippen LogP contribution in [0.1, 0.15) is 18.4 Å². The summed E-state index contributed by atoms with van der Waals surface area (Å²) < 4.78 is 31.9. The first-order valence-electron chi connectivity index (χ1n) is 6.45. The number of benzene rings is 1. The van der Waals surface area contributed by atoms with Gasteiger partial charge in [-0.05, 0) is 36.5 Å². The first-order chi connectivity index (χ1) is 9.46. The molecular formula is C14H15F2NO3. The molecular weight excluding hydrogens is 268 g/mol. The zero-order chi connectivity index (χ0) is 14.5. The summed E-state index contributed by atoms with van der Waals surface area (Å²) in [6, 6.07) is 3.43. The average molecular weight is 283 g/mol. The molecule has 1 aliphatic heterocycles. The van der Waals surface area contributed by atoms with Crippen molar-refractivity contribution in [1.29, 1.82) is 0 Å². The van der Waals surface area contributed by atoms with Crippen LogP contribution in [0.3, 0.4) is 0 Å². The number of nitrogens with zero attached hydrogens (tertiary/aromatic N) is 1. The Balaban J connectivity index is 1.93. The number of hydrogen-bond donors (Lipinski definition) is 1. The van der Waals surface area contributed by atoms with Crippen LogP contribution in [-0.2, 0) is 10.2 Å². The van der Waals surface area contributed by atoms with Gasteiger partial charge in [-0.1, -0.05) is 0 Å². The zero-order valence-electron chi connectivity index (χ0n) is 11.0. The lowest BCUT2D eigenvalue weighted by molar-refractivity contribution is -0.0487. The Morgan fingerprint density at radius 3 is 2.60 bits per heavy atom. The summed E-state index contributed by atoms with van der Waals surface area (Å²) in [6.07, 6.45) is -0.259. The van der Waals surface area contributed by atoms with Gasteiger partial charge >= 0.3 is 6.09 Å². The van der Waals surface area contributed by atoms with Crippen molar-refractivity contribution in [2.75, 3.05) is 13.7 Å². The summed E-state index contributed by atoms with van der Waals surface area (Å²) in [5.74, 6) is -1.05. The highest BCUT2D eigenvalue weighted by Gasteiger charge is 2.61. The van der Waals surface area contributed by atoms with E-state index in [1.807, 2.05) is 0 Å². The van der Waals surface area contributed by atoms with Crippen LogP contribution < -0.4 is 0 Å². The van der Waals surface area contributed by atoms with E-state index in [9.17, 15) is 18.7 Å². The van der Waals surface area contributed by atoms with Crippen molar-refractivity contribution in [3.05, 3.63) is 35.4 Å². The van der Waals surface area contributed by atoms with E-state index in [2.05, 4.69) is 0 Å². The molecule has 6 heteroatoms. The number of hydrogen-bond acceptors (Lipinski definition) is 2. The van der Waals surface area contributed by atoms with Crippen molar-refractivity contribution in [2.24, 2.45) is 5.92 Å². The minimum Gasteiger partial charge on any atom is -0.465 e. The number of amides is 1. The van der Waals surface area contributed by atoms with Crippen LogP contribution in [0.2, 0.25) is 0 Å². The molecule has 0 spiro atoms. The molecule has 3 atom stereocenters. The van der Waals surface area contributed by atoms with Crippen molar-refractivity contribution >= 4 is 6.09 Å². The summed E-state index contributed by atoms with van der Waals surface area (Å²) in [6.45, 7) is 0.217. The summed E-state index contributed by atoms with van der Waals surface area (Å²) in [5.41, 5.74) is 0.0805. The molecule has 1 saturated carbocycles. The molecule has 1 N–H and O–H groups in total. The molecule has 3 rings (SSSR count). The van der Waals surface area contributed by atoms with Gasteiger partial charge in [-0.2, -0.15) is 0 Å². The van der Waals surface area contributed by atoms with Crippen LogP contribution in [0.4, 0.5) is 13.6 Å². The number of carboxylic acid groups (broad SMARTS) is 1. The van der Waals surface area contributed by atoms with E-state index < -0.39 is 29.4 Å². The second-order valence-electron chi connectivity index (χ2n) is 5.55. The standard InChI is InChI=1S/C14H15F2NO3/c1-20-12-4-9-6-14(9,7-17(12)13(18)19)8-2-10(15)5-11(16)3-8/h2-3,5,9,12H,4,6-7H2,1H3,(H,18,19)/t9-,12?,14-/m1/s1. The van der Waals surface area contributed by atoms with Gasteiger partial charge in [0.2, 0.25) is 0 Å². The lowest BCUT2D eigenvalue weighted by atomic mass is 9.88. The normalized spacial score (nSPS) is 31.9. The molecule has 1 saturated heterocycles. The fourth-order valence-electron chi connectivity index (χ4n) is 3.36. The lowest BCUT2D eigenvalue weighted by Crippen LogP contribution is -2.49. The van der Waals surface area contributed by atoms with Gasteiger partial charge < -0.3 is 9.84 Å². The molecule has 4 nitrogen and oxygen atoms in total. The Hall–Kier alpha value is -1.69. The highest BCUT2D eigenvalue weighted by molar-refractivity contribution is 5.66. The summed E-state index contributed by atoms with van der Waals surface area (Å²) in [5, 5.41) is 9.24. The van der Waals surface area contributed by atoms with E-state index >= 15 is 0 Å².